The fraction of sp³-hybridized carbons (Fsp3) is 0.222. The summed E-state index contributed by atoms with van der Waals surface area (Å²) in [5.41, 5.74) is 0.378. The number of fused-ring (bicyclic) bond motifs is 3. The van der Waals surface area contributed by atoms with Crippen LogP contribution in [0.3, 0.4) is 0 Å². The molecule has 10 heteroatoms. The van der Waals surface area contributed by atoms with E-state index in [1.54, 1.807) is 31.4 Å². The lowest BCUT2D eigenvalue weighted by Crippen LogP contribution is -2.34. The second-order valence-electron chi connectivity index (χ2n) is 8.46. The number of hydrogen-bond acceptors (Lipinski definition) is 6. The van der Waals surface area contributed by atoms with Crippen molar-refractivity contribution in [1.29, 1.82) is 0 Å². The monoisotopic (exact) mass is 575 g/mol. The van der Waals surface area contributed by atoms with Gasteiger partial charge in [-0.05, 0) is 64.3 Å². The Morgan fingerprint density at radius 1 is 1.05 bits per heavy atom. The van der Waals surface area contributed by atoms with Crippen molar-refractivity contribution in [3.63, 3.8) is 0 Å². The molecule has 0 saturated heterocycles. The summed E-state index contributed by atoms with van der Waals surface area (Å²) in [5.74, 6) is -1.22. The fourth-order valence-electron chi connectivity index (χ4n) is 4.13. The third-order valence-electron chi connectivity index (χ3n) is 6.04. The molecule has 1 aliphatic rings. The molecule has 0 unspecified atom stereocenters. The molecule has 37 heavy (non-hydrogen) atoms. The number of benzene rings is 3. The van der Waals surface area contributed by atoms with Crippen LogP contribution in [0, 0.1) is 0 Å². The van der Waals surface area contributed by atoms with Gasteiger partial charge in [-0.1, -0.05) is 24.3 Å². The van der Waals surface area contributed by atoms with Crippen molar-refractivity contribution < 1.29 is 31.8 Å². The standard InChI is InChI=1S/C27H21BrF3NO5/c1-34-17-8-6-16(7-9-17)12-13-32-14-19-21(35-15-32)11-10-18-23(33)25(26(27(29,30)31)37-24(18)19)36-22-5-3-2-4-20(22)28/h2-11H,12-15H2,1H3. The van der Waals surface area contributed by atoms with E-state index in [2.05, 4.69) is 15.9 Å². The fourth-order valence-corrected chi connectivity index (χ4v) is 4.50. The van der Waals surface area contributed by atoms with Crippen LogP contribution in [0.2, 0.25) is 0 Å². The third-order valence-corrected chi connectivity index (χ3v) is 6.70. The molecule has 4 aromatic rings. The van der Waals surface area contributed by atoms with Gasteiger partial charge in [-0.25, -0.2) is 0 Å². The zero-order chi connectivity index (χ0) is 26.2. The van der Waals surface area contributed by atoms with Crippen molar-refractivity contribution in [3.05, 3.63) is 92.2 Å². The molecule has 0 saturated carbocycles. The molecular weight excluding hydrogens is 555 g/mol. The number of alkyl halides is 3. The van der Waals surface area contributed by atoms with E-state index in [0.717, 1.165) is 11.3 Å². The molecule has 5 rings (SSSR count). The molecule has 0 spiro atoms. The summed E-state index contributed by atoms with van der Waals surface area (Å²) in [6.45, 7) is 1.10. The van der Waals surface area contributed by atoms with Crippen molar-refractivity contribution in [1.82, 2.24) is 4.90 Å². The highest BCUT2D eigenvalue weighted by atomic mass is 79.9. The molecule has 3 aromatic carbocycles. The predicted molar refractivity (Wildman–Crippen MR) is 134 cm³/mol. The number of halogens is 4. The van der Waals surface area contributed by atoms with Gasteiger partial charge in [0.25, 0.3) is 5.76 Å². The number of rotatable bonds is 6. The van der Waals surface area contributed by atoms with Gasteiger partial charge in [-0.15, -0.1) is 0 Å². The molecular formula is C27H21BrF3NO5. The first kappa shape index (κ1) is 25.2. The maximum absolute atomic E-state index is 14.1. The van der Waals surface area contributed by atoms with Crippen molar-refractivity contribution >= 4 is 26.9 Å². The maximum atomic E-state index is 14.1. The van der Waals surface area contributed by atoms with Crippen LogP contribution in [0.5, 0.6) is 23.0 Å². The van der Waals surface area contributed by atoms with E-state index >= 15 is 0 Å². The largest absolute Gasteiger partial charge is 0.497 e. The minimum Gasteiger partial charge on any atom is -0.497 e. The second kappa shape index (κ2) is 10.1. The Morgan fingerprint density at radius 2 is 1.81 bits per heavy atom. The highest BCUT2D eigenvalue weighted by molar-refractivity contribution is 9.10. The lowest BCUT2D eigenvalue weighted by Gasteiger charge is -2.29. The van der Waals surface area contributed by atoms with Crippen molar-refractivity contribution in [2.24, 2.45) is 0 Å². The Morgan fingerprint density at radius 3 is 2.51 bits per heavy atom. The first-order chi connectivity index (χ1) is 17.7. The Labute approximate surface area is 218 Å². The predicted octanol–water partition coefficient (Wildman–Crippen LogP) is 6.77. The van der Waals surface area contributed by atoms with Crippen LogP contribution < -0.4 is 19.6 Å². The van der Waals surface area contributed by atoms with Gasteiger partial charge in [0.15, 0.2) is 0 Å². The Bertz CT molecular complexity index is 1500. The summed E-state index contributed by atoms with van der Waals surface area (Å²) in [6, 6.07) is 16.9. The van der Waals surface area contributed by atoms with Gasteiger partial charge in [0.05, 0.1) is 22.5 Å². The molecule has 0 bridgehead atoms. The highest BCUT2D eigenvalue weighted by Crippen LogP contribution is 2.41. The van der Waals surface area contributed by atoms with Gasteiger partial charge >= 0.3 is 6.18 Å². The first-order valence-corrected chi connectivity index (χ1v) is 12.1. The Kier molecular flexibility index (Phi) is 6.87. The molecule has 192 valence electrons. The lowest BCUT2D eigenvalue weighted by atomic mass is 10.1. The van der Waals surface area contributed by atoms with Crippen LogP contribution in [0.4, 0.5) is 13.2 Å². The topological polar surface area (TPSA) is 61.1 Å². The summed E-state index contributed by atoms with van der Waals surface area (Å²) < 4.78 is 64.4. The number of hydrogen-bond donors (Lipinski definition) is 0. The molecule has 0 N–H and O–H groups in total. The van der Waals surface area contributed by atoms with Crippen molar-refractivity contribution in [2.75, 3.05) is 20.4 Å². The lowest BCUT2D eigenvalue weighted by molar-refractivity contribution is -0.154. The Hall–Kier alpha value is -3.50. The smallest absolute Gasteiger partial charge is 0.453 e. The molecule has 1 aromatic heterocycles. The number of nitrogens with zero attached hydrogens (tertiary/aromatic N) is 1. The van der Waals surface area contributed by atoms with E-state index in [1.807, 2.05) is 29.2 Å². The van der Waals surface area contributed by atoms with Crippen LogP contribution in [0.15, 0.2) is 74.3 Å². The van der Waals surface area contributed by atoms with Crippen LogP contribution in [-0.4, -0.2) is 25.3 Å². The molecule has 0 aliphatic carbocycles. The van der Waals surface area contributed by atoms with Gasteiger partial charge in [-0.3, -0.25) is 9.69 Å². The number of ether oxygens (including phenoxy) is 3. The molecule has 0 fully saturated rings. The van der Waals surface area contributed by atoms with E-state index in [4.69, 9.17) is 18.6 Å². The molecule has 0 amide bonds. The van der Waals surface area contributed by atoms with Crippen LogP contribution >= 0.6 is 15.9 Å². The van der Waals surface area contributed by atoms with Crippen LogP contribution in [0.25, 0.3) is 11.0 Å². The molecule has 2 heterocycles. The van der Waals surface area contributed by atoms with Crippen LogP contribution in [-0.2, 0) is 19.1 Å². The summed E-state index contributed by atoms with van der Waals surface area (Å²) in [4.78, 5) is 15.2. The minimum absolute atomic E-state index is 0.0191. The molecule has 0 atom stereocenters. The molecule has 1 aliphatic heterocycles. The van der Waals surface area contributed by atoms with Crippen molar-refractivity contribution in [3.8, 4) is 23.0 Å². The summed E-state index contributed by atoms with van der Waals surface area (Å²) in [6.07, 6.45) is -4.27. The van der Waals surface area contributed by atoms with E-state index in [0.29, 0.717) is 28.8 Å². The quantitative estimate of drug-likeness (QED) is 0.253. The third kappa shape index (κ3) is 5.17. The van der Waals surface area contributed by atoms with Crippen LogP contribution in [0.1, 0.15) is 16.9 Å². The van der Waals surface area contributed by atoms with E-state index in [1.165, 1.54) is 12.1 Å². The zero-order valence-electron chi connectivity index (χ0n) is 19.6. The molecule has 0 radical (unpaired) electrons. The first-order valence-electron chi connectivity index (χ1n) is 11.3. The van der Waals surface area contributed by atoms with Gasteiger partial charge in [-0.2, -0.15) is 13.2 Å². The SMILES string of the molecule is COc1ccc(CCN2COc3ccc4c(=O)c(Oc5ccccc5Br)c(C(F)(F)F)oc4c3C2)cc1. The van der Waals surface area contributed by atoms with E-state index < -0.39 is 23.1 Å². The van der Waals surface area contributed by atoms with Gasteiger partial charge in [0.2, 0.25) is 11.2 Å². The molecule has 6 nitrogen and oxygen atoms in total. The average Bonchev–Trinajstić information content (AvgIpc) is 2.89. The second-order valence-corrected chi connectivity index (χ2v) is 9.32. The average molecular weight is 576 g/mol. The van der Waals surface area contributed by atoms with E-state index in [-0.39, 0.29) is 30.0 Å². The van der Waals surface area contributed by atoms with Crippen molar-refractivity contribution in [2.45, 2.75) is 19.1 Å². The number of para-hydroxylation sites is 1. The number of methoxy groups -OCH3 is 1. The normalized spacial score (nSPS) is 13.8. The zero-order valence-corrected chi connectivity index (χ0v) is 21.2. The van der Waals surface area contributed by atoms with Gasteiger partial charge < -0.3 is 18.6 Å². The minimum atomic E-state index is -4.96. The summed E-state index contributed by atoms with van der Waals surface area (Å²) >= 11 is 3.23. The summed E-state index contributed by atoms with van der Waals surface area (Å²) in [5, 5.41) is -0.0191. The van der Waals surface area contributed by atoms with Gasteiger partial charge in [0, 0.05) is 13.1 Å². The Balaban J connectivity index is 1.50. The summed E-state index contributed by atoms with van der Waals surface area (Å²) in [7, 11) is 1.60. The van der Waals surface area contributed by atoms with E-state index in [9.17, 15) is 18.0 Å². The van der Waals surface area contributed by atoms with Gasteiger partial charge in [0.1, 0.15) is 29.6 Å². The maximum Gasteiger partial charge on any atom is 0.453 e. The highest BCUT2D eigenvalue weighted by Gasteiger charge is 2.41.